The molecule has 0 saturated heterocycles. The number of hydrogen-bond acceptors (Lipinski definition) is 5. The van der Waals surface area contributed by atoms with Crippen LogP contribution in [0.3, 0.4) is 0 Å². The number of aldehydes is 1. The van der Waals surface area contributed by atoms with E-state index in [-0.39, 0.29) is 6.42 Å². The van der Waals surface area contributed by atoms with Crippen LogP contribution in [-0.4, -0.2) is 40.1 Å². The number of nitrogens with one attached hydrogen (secondary N) is 1. The van der Waals surface area contributed by atoms with Crippen LogP contribution in [0.25, 0.3) is 11.1 Å². The maximum absolute atomic E-state index is 11.8. The maximum Gasteiger partial charge on any atom is 0.324 e. The number of methoxy groups -OCH3 is 1. The molecule has 0 heterocycles. The van der Waals surface area contributed by atoms with Crippen molar-refractivity contribution >= 4 is 22.3 Å². The van der Waals surface area contributed by atoms with Gasteiger partial charge < -0.3 is 4.74 Å². The van der Waals surface area contributed by atoms with Crippen LogP contribution in [0, 0.1) is 0 Å². The van der Waals surface area contributed by atoms with E-state index in [9.17, 15) is 18.0 Å². The van der Waals surface area contributed by atoms with Gasteiger partial charge in [-0.15, -0.1) is 0 Å². The van der Waals surface area contributed by atoms with Crippen molar-refractivity contribution in [2.45, 2.75) is 12.5 Å². The smallest absolute Gasteiger partial charge is 0.324 e. The number of esters is 1. The van der Waals surface area contributed by atoms with Gasteiger partial charge in [-0.05, 0) is 29.2 Å². The molecular weight excluding hydrogens is 342 g/mol. The number of carbonyl (C=O) groups is 2. The van der Waals surface area contributed by atoms with Crippen molar-refractivity contribution in [2.75, 3.05) is 13.4 Å². The maximum atomic E-state index is 11.8. The largest absolute Gasteiger partial charge is 0.468 e. The number of benzene rings is 2. The number of rotatable bonds is 7. The lowest BCUT2D eigenvalue weighted by Crippen LogP contribution is -2.42. The summed E-state index contributed by atoms with van der Waals surface area (Å²) in [7, 11) is -2.33. The highest BCUT2D eigenvalue weighted by molar-refractivity contribution is 7.88. The van der Waals surface area contributed by atoms with Crippen LogP contribution in [0.2, 0.25) is 0 Å². The lowest BCUT2D eigenvalue weighted by atomic mass is 10.00. The van der Waals surface area contributed by atoms with E-state index in [4.69, 9.17) is 0 Å². The molecule has 0 amide bonds. The first kappa shape index (κ1) is 18.8. The third kappa shape index (κ3) is 5.51. The second-order valence-electron chi connectivity index (χ2n) is 5.61. The molecule has 0 saturated carbocycles. The Morgan fingerprint density at radius 1 is 1.16 bits per heavy atom. The van der Waals surface area contributed by atoms with Crippen LogP contribution in [0.15, 0.2) is 48.5 Å². The van der Waals surface area contributed by atoms with Gasteiger partial charge in [0, 0.05) is 5.56 Å². The third-order valence-electron chi connectivity index (χ3n) is 3.59. The summed E-state index contributed by atoms with van der Waals surface area (Å²) >= 11 is 0. The van der Waals surface area contributed by atoms with Crippen molar-refractivity contribution in [3.05, 3.63) is 59.7 Å². The van der Waals surface area contributed by atoms with Crippen molar-refractivity contribution in [3.8, 4) is 11.1 Å². The molecule has 25 heavy (non-hydrogen) atoms. The van der Waals surface area contributed by atoms with Gasteiger partial charge in [0.1, 0.15) is 12.3 Å². The van der Waals surface area contributed by atoms with Crippen LogP contribution in [-0.2, 0) is 26.0 Å². The van der Waals surface area contributed by atoms with E-state index in [1.54, 1.807) is 18.2 Å². The number of carbonyl (C=O) groups excluding carboxylic acids is 2. The Balaban J connectivity index is 2.20. The number of hydrogen-bond donors (Lipinski definition) is 1. The summed E-state index contributed by atoms with van der Waals surface area (Å²) in [6, 6.07) is 13.5. The molecule has 2 aromatic carbocycles. The van der Waals surface area contributed by atoms with Gasteiger partial charge in [0.05, 0.1) is 13.4 Å². The fraction of sp³-hybridized carbons (Fsp3) is 0.222. The minimum Gasteiger partial charge on any atom is -0.468 e. The van der Waals surface area contributed by atoms with Gasteiger partial charge in [0.25, 0.3) is 0 Å². The lowest BCUT2D eigenvalue weighted by molar-refractivity contribution is -0.142. The Labute approximate surface area is 146 Å². The van der Waals surface area contributed by atoms with Gasteiger partial charge in [0.15, 0.2) is 0 Å². The van der Waals surface area contributed by atoms with Crippen LogP contribution in [0.1, 0.15) is 15.9 Å². The fourth-order valence-corrected chi connectivity index (χ4v) is 3.13. The first-order chi connectivity index (χ1) is 11.8. The molecule has 1 atom stereocenters. The Morgan fingerprint density at radius 3 is 2.40 bits per heavy atom. The first-order valence-electron chi connectivity index (χ1n) is 7.52. The Morgan fingerprint density at radius 2 is 1.84 bits per heavy atom. The molecule has 0 spiro atoms. The molecule has 0 aliphatic carbocycles. The minimum absolute atomic E-state index is 0.175. The van der Waals surface area contributed by atoms with Gasteiger partial charge in [0.2, 0.25) is 10.0 Å². The molecule has 0 bridgehead atoms. The van der Waals surface area contributed by atoms with Crippen molar-refractivity contribution in [1.82, 2.24) is 4.72 Å². The third-order valence-corrected chi connectivity index (χ3v) is 4.30. The Hall–Kier alpha value is -2.51. The van der Waals surface area contributed by atoms with Gasteiger partial charge in [-0.1, -0.05) is 42.5 Å². The van der Waals surface area contributed by atoms with Crippen molar-refractivity contribution < 1.29 is 22.7 Å². The van der Waals surface area contributed by atoms with Crippen molar-refractivity contribution in [3.63, 3.8) is 0 Å². The molecule has 6 nitrogen and oxygen atoms in total. The molecule has 0 aliphatic heterocycles. The molecule has 0 aromatic heterocycles. The zero-order valence-corrected chi connectivity index (χ0v) is 14.7. The Kier molecular flexibility index (Phi) is 6.06. The molecule has 7 heteroatoms. The van der Waals surface area contributed by atoms with Crippen molar-refractivity contribution in [2.24, 2.45) is 0 Å². The molecule has 132 valence electrons. The summed E-state index contributed by atoms with van der Waals surface area (Å²) < 4.78 is 29.7. The quantitative estimate of drug-likeness (QED) is 0.600. The average Bonchev–Trinajstić information content (AvgIpc) is 2.60. The average molecular weight is 361 g/mol. The molecule has 0 radical (unpaired) electrons. The van der Waals surface area contributed by atoms with Crippen LogP contribution in [0.4, 0.5) is 0 Å². The van der Waals surface area contributed by atoms with Crippen LogP contribution < -0.4 is 4.72 Å². The molecule has 2 aromatic rings. The highest BCUT2D eigenvalue weighted by Crippen LogP contribution is 2.21. The topological polar surface area (TPSA) is 89.5 Å². The minimum atomic E-state index is -3.54. The second kappa shape index (κ2) is 8.04. The molecule has 2 rings (SSSR count). The summed E-state index contributed by atoms with van der Waals surface area (Å²) in [6.45, 7) is 0. The second-order valence-corrected chi connectivity index (χ2v) is 7.39. The molecule has 1 N–H and O–H groups in total. The first-order valence-corrected chi connectivity index (χ1v) is 9.41. The van der Waals surface area contributed by atoms with E-state index in [1.165, 1.54) is 7.11 Å². The van der Waals surface area contributed by atoms with E-state index in [0.29, 0.717) is 5.56 Å². The highest BCUT2D eigenvalue weighted by Gasteiger charge is 2.23. The summed E-state index contributed by atoms with van der Waals surface area (Å²) in [5.41, 5.74) is 3.18. The fourth-order valence-electron chi connectivity index (χ4n) is 2.43. The van der Waals surface area contributed by atoms with Gasteiger partial charge in [-0.2, -0.15) is 0 Å². The molecule has 0 aliphatic rings. The SMILES string of the molecule is COC(=O)C(Cc1ccc(-c2cccc(C=O)c2)cc1)NS(C)(=O)=O. The van der Waals surface area contributed by atoms with E-state index in [1.807, 2.05) is 30.3 Å². The zero-order valence-electron chi connectivity index (χ0n) is 13.9. The molecule has 0 fully saturated rings. The van der Waals surface area contributed by atoms with Crippen LogP contribution >= 0.6 is 0 Å². The number of ether oxygens (including phenoxy) is 1. The van der Waals surface area contributed by atoms with E-state index < -0.39 is 22.0 Å². The van der Waals surface area contributed by atoms with Gasteiger partial charge in [-0.3, -0.25) is 9.59 Å². The van der Waals surface area contributed by atoms with Crippen LogP contribution in [0.5, 0.6) is 0 Å². The normalized spacial score (nSPS) is 12.4. The lowest BCUT2D eigenvalue weighted by Gasteiger charge is -2.15. The molecule has 1 unspecified atom stereocenters. The van der Waals surface area contributed by atoms with Crippen molar-refractivity contribution in [1.29, 1.82) is 0 Å². The Bertz CT molecular complexity index is 859. The van der Waals surface area contributed by atoms with Gasteiger partial charge >= 0.3 is 5.97 Å². The monoisotopic (exact) mass is 361 g/mol. The summed E-state index contributed by atoms with van der Waals surface area (Å²) in [5, 5.41) is 0. The highest BCUT2D eigenvalue weighted by atomic mass is 32.2. The van der Waals surface area contributed by atoms with E-state index in [2.05, 4.69) is 9.46 Å². The zero-order chi connectivity index (χ0) is 18.4. The summed E-state index contributed by atoms with van der Waals surface area (Å²) in [4.78, 5) is 22.6. The predicted molar refractivity (Wildman–Crippen MR) is 94.8 cm³/mol. The van der Waals surface area contributed by atoms with Gasteiger partial charge in [-0.25, -0.2) is 13.1 Å². The van der Waals surface area contributed by atoms with E-state index >= 15 is 0 Å². The van der Waals surface area contributed by atoms with E-state index in [0.717, 1.165) is 29.2 Å². The molecular formula is C18H19NO5S. The standard InChI is InChI=1S/C18H19NO5S/c1-24-18(21)17(19-25(2,22)23)11-13-6-8-15(9-7-13)16-5-3-4-14(10-16)12-20/h3-10,12,17,19H,11H2,1-2H3. The summed E-state index contributed by atoms with van der Waals surface area (Å²) in [5.74, 6) is -0.645. The summed E-state index contributed by atoms with van der Waals surface area (Å²) in [6.07, 6.45) is 1.95. The number of sulfonamides is 1. The predicted octanol–water partition coefficient (Wildman–Crippen LogP) is 1.80.